The first-order valence-corrected chi connectivity index (χ1v) is 8.40. The van der Waals surface area contributed by atoms with Crippen LogP contribution in [0.5, 0.6) is 0 Å². The van der Waals surface area contributed by atoms with Crippen LogP contribution in [0.25, 0.3) is 33.4 Å². The molecule has 4 N–H and O–H groups in total. The highest BCUT2D eigenvalue weighted by molar-refractivity contribution is 6.12. The van der Waals surface area contributed by atoms with E-state index in [4.69, 9.17) is 0 Å². The predicted octanol–water partition coefficient (Wildman–Crippen LogP) is 3.48. The van der Waals surface area contributed by atoms with E-state index in [2.05, 4.69) is 30.7 Å². The van der Waals surface area contributed by atoms with Gasteiger partial charge in [0.25, 0.3) is 5.91 Å². The molecule has 0 aliphatic rings. The molecule has 3 heterocycles. The zero-order chi connectivity index (χ0) is 18.3. The molecule has 0 spiro atoms. The van der Waals surface area contributed by atoms with Gasteiger partial charge in [0, 0.05) is 40.0 Å². The third kappa shape index (κ3) is 2.77. The van der Waals surface area contributed by atoms with Crippen molar-refractivity contribution in [2.75, 3.05) is 0 Å². The standard InChI is InChI=1S/C19H20N6O/c1-19(2,3)23-18(26)16-11-6-8-20-14(11)5-4-13(16)17-12(7-9-21-17)15-10-22-25-24-15/h4-10,20-21H,1-3H3,(H,23,26)(H,22,24,25). The molecule has 0 saturated carbocycles. The van der Waals surface area contributed by atoms with Gasteiger partial charge >= 0.3 is 0 Å². The lowest BCUT2D eigenvalue weighted by Crippen LogP contribution is -2.40. The van der Waals surface area contributed by atoms with Crippen LogP contribution in [0.15, 0.2) is 42.9 Å². The number of hydrogen-bond donors (Lipinski definition) is 4. The lowest BCUT2D eigenvalue weighted by Gasteiger charge is -2.22. The molecule has 0 bridgehead atoms. The molecule has 0 aliphatic heterocycles. The Bertz CT molecular complexity index is 1070. The molecule has 4 aromatic rings. The summed E-state index contributed by atoms with van der Waals surface area (Å²) in [5, 5.41) is 14.6. The Kier molecular flexibility index (Phi) is 3.64. The molecule has 7 nitrogen and oxygen atoms in total. The van der Waals surface area contributed by atoms with Gasteiger partial charge < -0.3 is 15.3 Å². The van der Waals surface area contributed by atoms with Crippen molar-refractivity contribution in [2.45, 2.75) is 26.3 Å². The van der Waals surface area contributed by atoms with E-state index in [0.29, 0.717) is 5.56 Å². The van der Waals surface area contributed by atoms with E-state index in [1.165, 1.54) is 0 Å². The van der Waals surface area contributed by atoms with Crippen molar-refractivity contribution >= 4 is 16.8 Å². The van der Waals surface area contributed by atoms with E-state index >= 15 is 0 Å². The molecule has 1 aromatic carbocycles. The van der Waals surface area contributed by atoms with Crippen molar-refractivity contribution in [1.29, 1.82) is 0 Å². The number of amides is 1. The maximum atomic E-state index is 13.1. The second kappa shape index (κ2) is 5.87. The number of rotatable bonds is 3. The summed E-state index contributed by atoms with van der Waals surface area (Å²) in [5.74, 6) is -0.113. The molecule has 0 atom stereocenters. The average molecular weight is 348 g/mol. The lowest BCUT2D eigenvalue weighted by atomic mass is 9.96. The topological polar surface area (TPSA) is 102 Å². The van der Waals surface area contributed by atoms with Crippen LogP contribution in [0.4, 0.5) is 0 Å². The zero-order valence-corrected chi connectivity index (χ0v) is 14.8. The number of nitrogens with zero attached hydrogens (tertiary/aromatic N) is 2. The van der Waals surface area contributed by atoms with Gasteiger partial charge in [-0.3, -0.25) is 4.79 Å². The van der Waals surface area contributed by atoms with Crippen LogP contribution in [-0.4, -0.2) is 36.8 Å². The number of benzene rings is 1. The Labute approximate surface area is 150 Å². The Hall–Kier alpha value is -3.35. The Balaban J connectivity index is 1.93. The molecule has 3 aromatic heterocycles. The van der Waals surface area contributed by atoms with E-state index in [1.54, 1.807) is 6.20 Å². The zero-order valence-electron chi connectivity index (χ0n) is 14.8. The smallest absolute Gasteiger partial charge is 0.253 e. The van der Waals surface area contributed by atoms with Crippen molar-refractivity contribution in [2.24, 2.45) is 0 Å². The lowest BCUT2D eigenvalue weighted by molar-refractivity contribution is 0.0922. The first-order valence-electron chi connectivity index (χ1n) is 8.40. The fraction of sp³-hybridized carbons (Fsp3) is 0.211. The summed E-state index contributed by atoms with van der Waals surface area (Å²) in [7, 11) is 0. The van der Waals surface area contributed by atoms with E-state index in [0.717, 1.165) is 33.4 Å². The second-order valence-electron chi connectivity index (χ2n) is 7.25. The van der Waals surface area contributed by atoms with E-state index < -0.39 is 0 Å². The normalized spacial score (nSPS) is 11.8. The number of aromatic nitrogens is 5. The Morgan fingerprint density at radius 3 is 2.58 bits per heavy atom. The van der Waals surface area contributed by atoms with Gasteiger partial charge in [-0.25, -0.2) is 0 Å². The van der Waals surface area contributed by atoms with Crippen LogP contribution in [0.3, 0.4) is 0 Å². The van der Waals surface area contributed by atoms with Gasteiger partial charge in [-0.15, -0.1) is 0 Å². The van der Waals surface area contributed by atoms with Gasteiger partial charge in [0.2, 0.25) is 0 Å². The summed E-state index contributed by atoms with van der Waals surface area (Å²) in [6.45, 7) is 5.91. The predicted molar refractivity (Wildman–Crippen MR) is 101 cm³/mol. The fourth-order valence-electron chi connectivity index (χ4n) is 3.13. The summed E-state index contributed by atoms with van der Waals surface area (Å²) in [5.41, 5.74) is 4.48. The SMILES string of the molecule is CC(C)(C)NC(=O)c1c(-c2[nH]ccc2-c2cn[nH]n2)ccc2[nH]ccc12. The van der Waals surface area contributed by atoms with Crippen molar-refractivity contribution in [3.63, 3.8) is 0 Å². The molecular formula is C19H20N6O. The monoisotopic (exact) mass is 348 g/mol. The van der Waals surface area contributed by atoms with Gasteiger partial charge in [0.15, 0.2) is 0 Å². The quantitative estimate of drug-likeness (QED) is 0.456. The van der Waals surface area contributed by atoms with Crippen molar-refractivity contribution < 1.29 is 4.79 Å². The number of aromatic amines is 3. The number of hydrogen-bond acceptors (Lipinski definition) is 3. The first kappa shape index (κ1) is 16.1. The minimum absolute atomic E-state index is 0.113. The average Bonchev–Trinajstić information content (AvgIpc) is 3.31. The summed E-state index contributed by atoms with van der Waals surface area (Å²) in [6.07, 6.45) is 5.35. The number of nitrogens with one attached hydrogen (secondary N) is 4. The Morgan fingerprint density at radius 1 is 1.04 bits per heavy atom. The molecule has 0 unspecified atom stereocenters. The maximum absolute atomic E-state index is 13.1. The van der Waals surface area contributed by atoms with Crippen molar-refractivity contribution in [1.82, 2.24) is 30.7 Å². The molecule has 4 rings (SSSR count). The van der Waals surface area contributed by atoms with Gasteiger partial charge in [-0.1, -0.05) is 0 Å². The van der Waals surface area contributed by atoms with Crippen LogP contribution in [0.1, 0.15) is 31.1 Å². The molecule has 26 heavy (non-hydrogen) atoms. The highest BCUT2D eigenvalue weighted by Crippen LogP contribution is 2.35. The highest BCUT2D eigenvalue weighted by Gasteiger charge is 2.23. The summed E-state index contributed by atoms with van der Waals surface area (Å²) in [4.78, 5) is 19.5. The third-order valence-electron chi connectivity index (χ3n) is 4.16. The minimum Gasteiger partial charge on any atom is -0.361 e. The third-order valence-corrected chi connectivity index (χ3v) is 4.16. The number of carbonyl (C=O) groups excluding carboxylic acids is 1. The van der Waals surface area contributed by atoms with Gasteiger partial charge in [0.1, 0.15) is 5.69 Å². The minimum atomic E-state index is -0.336. The van der Waals surface area contributed by atoms with Crippen LogP contribution in [-0.2, 0) is 0 Å². The number of carbonyl (C=O) groups is 1. The van der Waals surface area contributed by atoms with Crippen molar-refractivity contribution in [3.05, 3.63) is 48.4 Å². The van der Waals surface area contributed by atoms with E-state index in [9.17, 15) is 4.79 Å². The molecule has 7 heteroatoms. The van der Waals surface area contributed by atoms with Crippen LogP contribution in [0, 0.1) is 0 Å². The largest absolute Gasteiger partial charge is 0.361 e. The van der Waals surface area contributed by atoms with Gasteiger partial charge in [-0.05, 0) is 45.0 Å². The summed E-state index contributed by atoms with van der Waals surface area (Å²) >= 11 is 0. The fourth-order valence-corrected chi connectivity index (χ4v) is 3.13. The highest BCUT2D eigenvalue weighted by atomic mass is 16.1. The van der Waals surface area contributed by atoms with E-state index in [1.807, 2.05) is 57.4 Å². The maximum Gasteiger partial charge on any atom is 0.253 e. The molecule has 0 fully saturated rings. The van der Waals surface area contributed by atoms with Gasteiger partial charge in [0.05, 0.1) is 17.5 Å². The number of H-pyrrole nitrogens is 3. The van der Waals surface area contributed by atoms with Crippen LogP contribution in [0.2, 0.25) is 0 Å². The first-order chi connectivity index (χ1) is 12.4. The number of fused-ring (bicyclic) bond motifs is 1. The molecule has 0 saturated heterocycles. The molecular weight excluding hydrogens is 328 g/mol. The van der Waals surface area contributed by atoms with Crippen LogP contribution >= 0.6 is 0 Å². The molecule has 132 valence electrons. The summed E-state index contributed by atoms with van der Waals surface area (Å²) in [6, 6.07) is 7.78. The van der Waals surface area contributed by atoms with Crippen LogP contribution < -0.4 is 5.32 Å². The van der Waals surface area contributed by atoms with Gasteiger partial charge in [-0.2, -0.15) is 15.4 Å². The molecule has 1 amide bonds. The molecule has 0 radical (unpaired) electrons. The van der Waals surface area contributed by atoms with Crippen molar-refractivity contribution in [3.8, 4) is 22.5 Å². The van der Waals surface area contributed by atoms with E-state index in [-0.39, 0.29) is 11.4 Å². The molecule has 0 aliphatic carbocycles. The Morgan fingerprint density at radius 2 is 1.85 bits per heavy atom. The summed E-state index contributed by atoms with van der Waals surface area (Å²) < 4.78 is 0. The second-order valence-corrected chi connectivity index (χ2v) is 7.25.